The van der Waals surface area contributed by atoms with Gasteiger partial charge in [0, 0.05) is 49.0 Å². The van der Waals surface area contributed by atoms with Crippen molar-refractivity contribution in [1.82, 2.24) is 20.6 Å². The van der Waals surface area contributed by atoms with Gasteiger partial charge < -0.3 is 22.1 Å². The molecule has 0 bridgehead atoms. The van der Waals surface area contributed by atoms with Gasteiger partial charge in [0.1, 0.15) is 11.6 Å². The smallest absolute Gasteiger partial charge is 0.253 e. The number of carbonyl (C=O) groups excluding carboxylic acids is 2. The van der Waals surface area contributed by atoms with Crippen molar-refractivity contribution in [2.75, 3.05) is 24.6 Å². The topological polar surface area (TPSA) is 161 Å². The van der Waals surface area contributed by atoms with Crippen molar-refractivity contribution >= 4 is 47.3 Å². The molecule has 0 aliphatic heterocycles. The fraction of sp³-hybridized carbons (Fsp3) is 0.0714. The first-order valence-electron chi connectivity index (χ1n) is 11.8. The van der Waals surface area contributed by atoms with Crippen molar-refractivity contribution in [3.63, 3.8) is 0 Å². The van der Waals surface area contributed by atoms with Crippen LogP contribution < -0.4 is 22.1 Å². The lowest BCUT2D eigenvalue weighted by molar-refractivity contribution is 0.0928. The Morgan fingerprint density at radius 1 is 0.658 bits per heavy atom. The van der Waals surface area contributed by atoms with Gasteiger partial charge in [-0.15, -0.1) is 0 Å². The lowest BCUT2D eigenvalue weighted by Crippen LogP contribution is -2.34. The molecule has 0 spiro atoms. The van der Waals surface area contributed by atoms with E-state index >= 15 is 0 Å². The number of pyridine rings is 2. The molecule has 0 saturated carbocycles. The van der Waals surface area contributed by atoms with E-state index in [1.165, 1.54) is 0 Å². The summed E-state index contributed by atoms with van der Waals surface area (Å²) in [6.07, 6.45) is 6.32. The molecule has 0 radical (unpaired) electrons. The van der Waals surface area contributed by atoms with E-state index in [4.69, 9.17) is 11.5 Å². The predicted molar refractivity (Wildman–Crippen MR) is 149 cm³/mol. The molecule has 0 aliphatic rings. The molecule has 4 rings (SSSR count). The van der Waals surface area contributed by atoms with E-state index in [-0.39, 0.29) is 24.9 Å². The zero-order chi connectivity index (χ0) is 26.7. The van der Waals surface area contributed by atoms with Gasteiger partial charge in [-0.05, 0) is 48.5 Å². The highest BCUT2D eigenvalue weighted by Gasteiger charge is 2.12. The molecule has 2 amide bonds. The number of hydrogen-bond acceptors (Lipinski definition) is 8. The number of anilines is 2. The van der Waals surface area contributed by atoms with Crippen LogP contribution in [0.3, 0.4) is 0 Å². The Morgan fingerprint density at radius 3 is 1.50 bits per heavy atom. The standard InChI is InChI=1S/C28H26N8O2/c29-25-19(7-5-13-31-25)17-35-23-11-3-1-9-21(23)27(37)33-15-16-34-28(38)22-10-2-4-12-24(22)36-18-20-8-6-14-32-26(20)30/h1-14,17-18H,15-16H2,(H2,29,31)(H2,30,32)(H,33,37)(H,34,38). The largest absolute Gasteiger partial charge is 0.383 e. The Balaban J connectivity index is 1.34. The average Bonchev–Trinajstić information content (AvgIpc) is 2.94. The number of nitrogens with two attached hydrogens (primary N) is 2. The van der Waals surface area contributed by atoms with Gasteiger partial charge in [-0.3, -0.25) is 19.6 Å². The van der Waals surface area contributed by atoms with Crippen molar-refractivity contribution in [3.8, 4) is 0 Å². The van der Waals surface area contributed by atoms with Gasteiger partial charge in [0.05, 0.1) is 22.5 Å². The fourth-order valence-electron chi connectivity index (χ4n) is 3.46. The number of para-hydroxylation sites is 2. The second-order valence-electron chi connectivity index (χ2n) is 8.02. The van der Waals surface area contributed by atoms with Crippen LogP contribution in [0.15, 0.2) is 95.2 Å². The van der Waals surface area contributed by atoms with Crippen molar-refractivity contribution < 1.29 is 9.59 Å². The van der Waals surface area contributed by atoms with Gasteiger partial charge in [0.25, 0.3) is 11.8 Å². The Labute approximate surface area is 219 Å². The van der Waals surface area contributed by atoms with E-state index in [0.717, 1.165) is 0 Å². The SMILES string of the molecule is Nc1ncccc1C=Nc1ccccc1C(=O)NCCNC(=O)c1ccccc1N=Cc1cccnc1N. The normalized spacial score (nSPS) is 11.1. The van der Waals surface area contributed by atoms with Crippen LogP contribution in [0.5, 0.6) is 0 Å². The number of nitrogens with one attached hydrogen (secondary N) is 2. The minimum Gasteiger partial charge on any atom is -0.383 e. The van der Waals surface area contributed by atoms with E-state index in [9.17, 15) is 9.59 Å². The van der Waals surface area contributed by atoms with E-state index < -0.39 is 0 Å². The van der Waals surface area contributed by atoms with E-state index in [2.05, 4.69) is 30.6 Å². The van der Waals surface area contributed by atoms with E-state index in [1.54, 1.807) is 97.6 Å². The summed E-state index contributed by atoms with van der Waals surface area (Å²) in [6.45, 7) is 0.436. The molecule has 190 valence electrons. The van der Waals surface area contributed by atoms with Gasteiger partial charge in [0.2, 0.25) is 0 Å². The number of carbonyl (C=O) groups is 2. The van der Waals surface area contributed by atoms with Crippen LogP contribution in [-0.4, -0.2) is 47.3 Å². The minimum absolute atomic E-state index is 0.218. The first-order chi connectivity index (χ1) is 18.5. The van der Waals surface area contributed by atoms with Crippen molar-refractivity contribution in [2.24, 2.45) is 9.98 Å². The van der Waals surface area contributed by atoms with Crippen molar-refractivity contribution in [1.29, 1.82) is 0 Å². The third-order valence-electron chi connectivity index (χ3n) is 5.42. The molecule has 0 atom stereocenters. The molecule has 2 heterocycles. The second-order valence-corrected chi connectivity index (χ2v) is 8.02. The number of aliphatic imine (C=N–C) groups is 2. The molecular formula is C28H26N8O2. The maximum atomic E-state index is 12.8. The van der Waals surface area contributed by atoms with Crippen LogP contribution in [-0.2, 0) is 0 Å². The molecule has 2 aromatic carbocycles. The molecule has 6 N–H and O–H groups in total. The molecule has 0 fully saturated rings. The molecule has 38 heavy (non-hydrogen) atoms. The van der Waals surface area contributed by atoms with Crippen LogP contribution >= 0.6 is 0 Å². The van der Waals surface area contributed by atoms with Crippen LogP contribution in [0.25, 0.3) is 0 Å². The average molecular weight is 507 g/mol. The molecule has 10 heteroatoms. The summed E-state index contributed by atoms with van der Waals surface area (Å²) >= 11 is 0. The zero-order valence-electron chi connectivity index (χ0n) is 20.4. The zero-order valence-corrected chi connectivity index (χ0v) is 20.4. The minimum atomic E-state index is -0.315. The van der Waals surface area contributed by atoms with Crippen LogP contribution in [0.4, 0.5) is 23.0 Å². The van der Waals surface area contributed by atoms with Crippen LogP contribution in [0, 0.1) is 0 Å². The molecule has 0 aliphatic carbocycles. The highest BCUT2D eigenvalue weighted by Crippen LogP contribution is 2.20. The molecule has 0 unspecified atom stereocenters. The number of rotatable bonds is 9. The lowest BCUT2D eigenvalue weighted by atomic mass is 10.1. The molecule has 4 aromatic rings. The number of nitrogens with zero attached hydrogens (tertiary/aromatic N) is 4. The first kappa shape index (κ1) is 25.7. The third kappa shape index (κ3) is 6.64. The molecule has 2 aromatic heterocycles. The quantitative estimate of drug-likeness (QED) is 0.201. The fourth-order valence-corrected chi connectivity index (χ4v) is 3.46. The Morgan fingerprint density at radius 2 is 1.08 bits per heavy atom. The highest BCUT2D eigenvalue weighted by atomic mass is 16.2. The number of aromatic nitrogens is 2. The number of hydrogen-bond donors (Lipinski definition) is 4. The van der Waals surface area contributed by atoms with E-state index in [1.807, 2.05) is 0 Å². The lowest BCUT2D eigenvalue weighted by Gasteiger charge is -2.10. The number of amides is 2. The first-order valence-corrected chi connectivity index (χ1v) is 11.8. The molecule has 0 saturated heterocycles. The van der Waals surface area contributed by atoms with E-state index in [0.29, 0.717) is 45.3 Å². The van der Waals surface area contributed by atoms with Crippen LogP contribution in [0.1, 0.15) is 31.8 Å². The summed E-state index contributed by atoms with van der Waals surface area (Å²) in [4.78, 5) is 42.4. The second kappa shape index (κ2) is 12.5. The third-order valence-corrected chi connectivity index (χ3v) is 5.42. The molecular weight excluding hydrogens is 480 g/mol. The van der Waals surface area contributed by atoms with Crippen molar-refractivity contribution in [3.05, 3.63) is 107 Å². The summed E-state index contributed by atoms with van der Waals surface area (Å²) < 4.78 is 0. The van der Waals surface area contributed by atoms with Gasteiger partial charge >= 0.3 is 0 Å². The Kier molecular flexibility index (Phi) is 8.48. The summed E-state index contributed by atoms with van der Waals surface area (Å²) in [5, 5.41) is 5.62. The Hall–Kier alpha value is -5.38. The summed E-state index contributed by atoms with van der Waals surface area (Å²) in [5.74, 6) is 0.0696. The van der Waals surface area contributed by atoms with Gasteiger partial charge in [-0.25, -0.2) is 9.97 Å². The monoisotopic (exact) mass is 506 g/mol. The number of benzene rings is 2. The molecule has 10 nitrogen and oxygen atoms in total. The summed E-state index contributed by atoms with van der Waals surface area (Å²) in [7, 11) is 0. The van der Waals surface area contributed by atoms with Gasteiger partial charge in [0.15, 0.2) is 0 Å². The van der Waals surface area contributed by atoms with Gasteiger partial charge in [-0.1, -0.05) is 24.3 Å². The maximum Gasteiger partial charge on any atom is 0.253 e. The van der Waals surface area contributed by atoms with Gasteiger partial charge in [-0.2, -0.15) is 0 Å². The summed E-state index contributed by atoms with van der Waals surface area (Å²) in [6, 6.07) is 21.0. The van der Waals surface area contributed by atoms with Crippen molar-refractivity contribution in [2.45, 2.75) is 0 Å². The Bertz CT molecular complexity index is 1390. The maximum absolute atomic E-state index is 12.8. The highest BCUT2D eigenvalue weighted by molar-refractivity contribution is 6.01. The summed E-state index contributed by atoms with van der Waals surface area (Å²) in [5.41, 5.74) is 14.8. The number of nitrogen functional groups attached to an aromatic ring is 2. The van der Waals surface area contributed by atoms with Crippen LogP contribution in [0.2, 0.25) is 0 Å². The predicted octanol–water partition coefficient (Wildman–Crippen LogP) is 3.30.